The van der Waals surface area contributed by atoms with Crippen LogP contribution in [0.5, 0.6) is 0 Å². The van der Waals surface area contributed by atoms with E-state index in [0.29, 0.717) is 16.4 Å². The lowest BCUT2D eigenvalue weighted by Crippen LogP contribution is -2.08. The first-order valence-electron chi connectivity index (χ1n) is 3.84. The molecule has 0 aliphatic heterocycles. The van der Waals surface area contributed by atoms with E-state index in [1.165, 1.54) is 16.8 Å². The quantitative estimate of drug-likeness (QED) is 0.774. The molecule has 0 fully saturated rings. The number of nitrogens with zero attached hydrogens (tertiary/aromatic N) is 3. The molecular weight excluding hydrogens is 206 g/mol. The molecule has 0 radical (unpaired) electrons. The molecule has 0 amide bonds. The molecule has 2 aromatic rings. The molecule has 2 heterocycles. The van der Waals surface area contributed by atoms with Crippen LogP contribution in [0, 0.1) is 6.92 Å². The Bertz CT molecular complexity index is 521. The summed E-state index contributed by atoms with van der Waals surface area (Å²) >= 11 is 5.78. The van der Waals surface area contributed by atoms with E-state index in [1.807, 2.05) is 0 Å². The predicted molar refractivity (Wildman–Crippen MR) is 49.7 cm³/mol. The Hall–Kier alpha value is -1.62. The maximum Gasteiger partial charge on any atom is 0.354 e. The maximum absolute atomic E-state index is 10.8. The monoisotopic (exact) mass is 211 g/mol. The summed E-state index contributed by atoms with van der Waals surface area (Å²) < 4.78 is 1.21. The minimum Gasteiger partial charge on any atom is -0.477 e. The molecule has 0 aliphatic rings. The highest BCUT2D eigenvalue weighted by Gasteiger charge is 2.13. The predicted octanol–water partition coefficient (Wildman–Crippen LogP) is 1.39. The van der Waals surface area contributed by atoms with Crippen molar-refractivity contribution in [2.75, 3.05) is 0 Å². The van der Waals surface area contributed by atoms with Crippen molar-refractivity contribution in [3.05, 3.63) is 28.7 Å². The fraction of sp³-hybridized carbons (Fsp3) is 0.125. The lowest BCUT2D eigenvalue weighted by molar-refractivity contribution is 0.0687. The van der Waals surface area contributed by atoms with Gasteiger partial charge in [0.05, 0.1) is 6.20 Å². The van der Waals surface area contributed by atoms with Gasteiger partial charge in [-0.3, -0.25) is 0 Å². The van der Waals surface area contributed by atoms with Crippen molar-refractivity contribution in [3.8, 4) is 0 Å². The first kappa shape index (κ1) is 8.96. The fourth-order valence-electron chi connectivity index (χ4n) is 1.21. The molecule has 0 spiro atoms. The van der Waals surface area contributed by atoms with Crippen LogP contribution in [0.15, 0.2) is 12.3 Å². The molecular formula is C8H6ClN3O2. The van der Waals surface area contributed by atoms with E-state index >= 15 is 0 Å². The molecule has 6 heteroatoms. The second-order valence-electron chi connectivity index (χ2n) is 2.82. The Morgan fingerprint density at radius 2 is 2.36 bits per heavy atom. The first-order valence-corrected chi connectivity index (χ1v) is 4.21. The van der Waals surface area contributed by atoms with Gasteiger partial charge in [-0.2, -0.15) is 5.10 Å². The number of halogens is 1. The Kier molecular flexibility index (Phi) is 1.89. The zero-order chi connectivity index (χ0) is 10.3. The van der Waals surface area contributed by atoms with Gasteiger partial charge in [-0.15, -0.1) is 0 Å². The number of hydrogen-bond donors (Lipinski definition) is 1. The Morgan fingerprint density at radius 1 is 1.64 bits per heavy atom. The van der Waals surface area contributed by atoms with E-state index in [0.717, 1.165) is 0 Å². The van der Waals surface area contributed by atoms with Crippen LogP contribution in [0.3, 0.4) is 0 Å². The van der Waals surface area contributed by atoms with Gasteiger partial charge in [-0.1, -0.05) is 11.6 Å². The van der Waals surface area contributed by atoms with Crippen molar-refractivity contribution >= 4 is 23.2 Å². The molecule has 0 aliphatic carbocycles. The third-order valence-corrected chi connectivity index (χ3v) is 2.04. The molecule has 0 saturated carbocycles. The lowest BCUT2D eigenvalue weighted by Gasteiger charge is -2.00. The smallest absolute Gasteiger partial charge is 0.354 e. The van der Waals surface area contributed by atoms with Gasteiger partial charge in [0.25, 0.3) is 0 Å². The third kappa shape index (κ3) is 1.22. The van der Waals surface area contributed by atoms with Crippen LogP contribution in [-0.2, 0) is 0 Å². The third-order valence-electron chi connectivity index (χ3n) is 1.78. The molecule has 0 aromatic carbocycles. The maximum atomic E-state index is 10.8. The average Bonchev–Trinajstić information content (AvgIpc) is 2.47. The van der Waals surface area contributed by atoms with Gasteiger partial charge in [0, 0.05) is 5.69 Å². The van der Waals surface area contributed by atoms with Gasteiger partial charge in [-0.05, 0) is 13.0 Å². The van der Waals surface area contributed by atoms with Crippen molar-refractivity contribution in [1.82, 2.24) is 14.6 Å². The van der Waals surface area contributed by atoms with Crippen LogP contribution in [-0.4, -0.2) is 25.7 Å². The number of rotatable bonds is 1. The molecule has 0 bridgehead atoms. The summed E-state index contributed by atoms with van der Waals surface area (Å²) in [5.41, 5.74) is 1.01. The SMILES string of the molecule is Cc1cc(C(=O)O)n2ncc(Cl)c2n1. The Labute approximate surface area is 83.9 Å². The Balaban J connectivity index is 2.88. The highest BCUT2D eigenvalue weighted by molar-refractivity contribution is 6.33. The number of fused-ring (bicyclic) bond motifs is 1. The molecule has 2 aromatic heterocycles. The summed E-state index contributed by atoms with van der Waals surface area (Å²) in [6.45, 7) is 1.70. The summed E-state index contributed by atoms with van der Waals surface area (Å²) in [6, 6.07) is 1.44. The van der Waals surface area contributed by atoms with Gasteiger partial charge >= 0.3 is 5.97 Å². The van der Waals surface area contributed by atoms with Gasteiger partial charge in [-0.25, -0.2) is 14.3 Å². The summed E-state index contributed by atoms with van der Waals surface area (Å²) in [7, 11) is 0. The van der Waals surface area contributed by atoms with Crippen LogP contribution in [0.25, 0.3) is 5.65 Å². The van der Waals surface area contributed by atoms with Crippen LogP contribution in [0.4, 0.5) is 0 Å². The van der Waals surface area contributed by atoms with E-state index in [4.69, 9.17) is 16.7 Å². The summed E-state index contributed by atoms with van der Waals surface area (Å²) in [4.78, 5) is 14.9. The first-order chi connectivity index (χ1) is 6.59. The zero-order valence-electron chi connectivity index (χ0n) is 7.23. The fourth-order valence-corrected chi connectivity index (χ4v) is 1.38. The number of hydrogen-bond acceptors (Lipinski definition) is 3. The van der Waals surface area contributed by atoms with E-state index in [2.05, 4.69) is 10.1 Å². The minimum absolute atomic E-state index is 0.0550. The molecule has 0 saturated heterocycles. The van der Waals surface area contributed by atoms with Crippen molar-refractivity contribution in [2.45, 2.75) is 6.92 Å². The molecule has 0 unspecified atom stereocenters. The topological polar surface area (TPSA) is 67.5 Å². The molecule has 0 atom stereocenters. The molecule has 1 N–H and O–H groups in total. The minimum atomic E-state index is -1.06. The van der Waals surface area contributed by atoms with E-state index < -0.39 is 5.97 Å². The summed E-state index contributed by atoms with van der Waals surface area (Å²) in [5, 5.41) is 13.1. The largest absolute Gasteiger partial charge is 0.477 e. The molecule has 5 nitrogen and oxygen atoms in total. The summed E-state index contributed by atoms with van der Waals surface area (Å²) in [5.74, 6) is -1.06. The van der Waals surface area contributed by atoms with E-state index in [1.54, 1.807) is 6.92 Å². The number of aromatic carboxylic acids is 1. The van der Waals surface area contributed by atoms with Crippen LogP contribution < -0.4 is 0 Å². The van der Waals surface area contributed by atoms with E-state index in [9.17, 15) is 4.79 Å². The summed E-state index contributed by atoms with van der Waals surface area (Å²) in [6.07, 6.45) is 1.37. The van der Waals surface area contributed by atoms with Gasteiger partial charge in [0.1, 0.15) is 5.02 Å². The Morgan fingerprint density at radius 3 is 3.00 bits per heavy atom. The second-order valence-corrected chi connectivity index (χ2v) is 3.22. The van der Waals surface area contributed by atoms with Gasteiger partial charge < -0.3 is 5.11 Å². The lowest BCUT2D eigenvalue weighted by atomic mass is 10.3. The van der Waals surface area contributed by atoms with Crippen molar-refractivity contribution in [3.63, 3.8) is 0 Å². The van der Waals surface area contributed by atoms with Crippen molar-refractivity contribution in [2.24, 2.45) is 0 Å². The molecule has 2 rings (SSSR count). The zero-order valence-corrected chi connectivity index (χ0v) is 7.99. The highest BCUT2D eigenvalue weighted by atomic mass is 35.5. The standard InChI is InChI=1S/C8H6ClN3O2/c1-4-2-6(8(13)14)12-7(11-4)5(9)3-10-12/h2-3H,1H3,(H,13,14). The number of carbonyl (C=O) groups is 1. The van der Waals surface area contributed by atoms with Crippen LogP contribution in [0.1, 0.15) is 16.2 Å². The second kappa shape index (κ2) is 2.95. The highest BCUT2D eigenvalue weighted by Crippen LogP contribution is 2.16. The molecule has 14 heavy (non-hydrogen) atoms. The normalized spacial score (nSPS) is 10.7. The number of carboxylic acid groups (broad SMARTS) is 1. The number of aromatic nitrogens is 3. The van der Waals surface area contributed by atoms with Gasteiger partial charge in [0.2, 0.25) is 0 Å². The number of carboxylic acids is 1. The van der Waals surface area contributed by atoms with Gasteiger partial charge in [0.15, 0.2) is 11.3 Å². The van der Waals surface area contributed by atoms with Crippen LogP contribution >= 0.6 is 11.6 Å². The van der Waals surface area contributed by atoms with Crippen molar-refractivity contribution < 1.29 is 9.90 Å². The van der Waals surface area contributed by atoms with Crippen molar-refractivity contribution in [1.29, 1.82) is 0 Å². The van der Waals surface area contributed by atoms with E-state index in [-0.39, 0.29) is 5.69 Å². The van der Waals surface area contributed by atoms with Crippen LogP contribution in [0.2, 0.25) is 5.02 Å². The molecule has 72 valence electrons. The number of aryl methyl sites for hydroxylation is 1. The average molecular weight is 212 g/mol.